The SMILES string of the molecule is C=CCN(CCO)Cc1ccccc1[N+](=O)[O-]. The second-order valence-electron chi connectivity index (χ2n) is 3.63. The van der Waals surface area contributed by atoms with Crippen molar-refractivity contribution in [3.05, 3.63) is 52.6 Å². The molecule has 1 rings (SSSR count). The zero-order valence-electron chi connectivity index (χ0n) is 9.58. The van der Waals surface area contributed by atoms with Crippen LogP contribution in [0.1, 0.15) is 5.56 Å². The number of para-hydroxylation sites is 1. The van der Waals surface area contributed by atoms with Crippen LogP contribution in [0.15, 0.2) is 36.9 Å². The minimum absolute atomic E-state index is 0.0223. The van der Waals surface area contributed by atoms with Gasteiger partial charge in [-0.1, -0.05) is 24.3 Å². The van der Waals surface area contributed by atoms with Crippen molar-refractivity contribution in [2.75, 3.05) is 19.7 Å². The van der Waals surface area contributed by atoms with Crippen molar-refractivity contribution in [1.29, 1.82) is 0 Å². The maximum Gasteiger partial charge on any atom is 0.273 e. The van der Waals surface area contributed by atoms with Gasteiger partial charge in [-0.3, -0.25) is 15.0 Å². The van der Waals surface area contributed by atoms with Crippen LogP contribution in [-0.4, -0.2) is 34.6 Å². The minimum atomic E-state index is -0.389. The van der Waals surface area contributed by atoms with Crippen molar-refractivity contribution < 1.29 is 10.0 Å². The highest BCUT2D eigenvalue weighted by molar-refractivity contribution is 5.39. The number of aliphatic hydroxyl groups is 1. The summed E-state index contributed by atoms with van der Waals surface area (Å²) in [5.41, 5.74) is 0.757. The molecule has 0 aliphatic rings. The smallest absolute Gasteiger partial charge is 0.273 e. The van der Waals surface area contributed by atoms with E-state index < -0.39 is 0 Å². The first-order chi connectivity index (χ1) is 8.19. The molecule has 5 nitrogen and oxygen atoms in total. The quantitative estimate of drug-likeness (QED) is 0.443. The van der Waals surface area contributed by atoms with Crippen molar-refractivity contribution in [2.24, 2.45) is 0 Å². The first kappa shape index (κ1) is 13.3. The van der Waals surface area contributed by atoms with E-state index in [-0.39, 0.29) is 17.2 Å². The molecule has 0 bridgehead atoms. The molecule has 1 aromatic carbocycles. The number of nitrogens with zero attached hydrogens (tertiary/aromatic N) is 2. The summed E-state index contributed by atoms with van der Waals surface area (Å²) >= 11 is 0. The van der Waals surface area contributed by atoms with Crippen molar-refractivity contribution in [1.82, 2.24) is 4.90 Å². The van der Waals surface area contributed by atoms with Crippen molar-refractivity contribution in [2.45, 2.75) is 6.54 Å². The first-order valence-corrected chi connectivity index (χ1v) is 5.35. The van der Waals surface area contributed by atoms with Gasteiger partial charge >= 0.3 is 0 Å². The molecule has 92 valence electrons. The molecule has 0 aliphatic heterocycles. The van der Waals surface area contributed by atoms with Gasteiger partial charge in [0.05, 0.1) is 11.5 Å². The molecule has 0 unspecified atom stereocenters. The molecule has 0 atom stereocenters. The van der Waals surface area contributed by atoms with E-state index in [0.717, 1.165) is 0 Å². The molecule has 0 saturated heterocycles. The monoisotopic (exact) mass is 236 g/mol. The average molecular weight is 236 g/mol. The molecular weight excluding hydrogens is 220 g/mol. The number of aliphatic hydroxyl groups excluding tert-OH is 1. The number of rotatable bonds is 7. The Hall–Kier alpha value is -1.72. The fourth-order valence-electron chi connectivity index (χ4n) is 1.62. The fourth-order valence-corrected chi connectivity index (χ4v) is 1.62. The highest BCUT2D eigenvalue weighted by Crippen LogP contribution is 2.19. The third kappa shape index (κ3) is 3.97. The Labute approximate surface area is 100 Å². The van der Waals surface area contributed by atoms with E-state index in [9.17, 15) is 10.1 Å². The van der Waals surface area contributed by atoms with E-state index in [1.807, 2.05) is 4.90 Å². The van der Waals surface area contributed by atoms with Crippen LogP contribution in [0.3, 0.4) is 0 Å². The Morgan fingerprint density at radius 2 is 2.18 bits per heavy atom. The van der Waals surface area contributed by atoms with Gasteiger partial charge in [-0.15, -0.1) is 6.58 Å². The number of nitro groups is 1. The Morgan fingerprint density at radius 1 is 1.47 bits per heavy atom. The van der Waals surface area contributed by atoms with Gasteiger partial charge in [0, 0.05) is 31.3 Å². The van der Waals surface area contributed by atoms with Crippen LogP contribution < -0.4 is 0 Å². The van der Waals surface area contributed by atoms with Crippen LogP contribution in [0.5, 0.6) is 0 Å². The molecule has 17 heavy (non-hydrogen) atoms. The highest BCUT2D eigenvalue weighted by Gasteiger charge is 2.14. The lowest BCUT2D eigenvalue weighted by atomic mass is 10.1. The van der Waals surface area contributed by atoms with Gasteiger partial charge in [0.2, 0.25) is 0 Å². The molecule has 0 heterocycles. The van der Waals surface area contributed by atoms with Crippen molar-refractivity contribution in [3.8, 4) is 0 Å². The number of hydrogen-bond acceptors (Lipinski definition) is 4. The van der Waals surface area contributed by atoms with Gasteiger partial charge < -0.3 is 5.11 Å². The van der Waals surface area contributed by atoms with Crippen molar-refractivity contribution >= 4 is 5.69 Å². The van der Waals surface area contributed by atoms with Gasteiger partial charge in [-0.2, -0.15) is 0 Å². The molecule has 0 fully saturated rings. The molecule has 0 spiro atoms. The lowest BCUT2D eigenvalue weighted by molar-refractivity contribution is -0.385. The normalized spacial score (nSPS) is 10.5. The molecule has 0 aromatic heterocycles. The summed E-state index contributed by atoms with van der Waals surface area (Å²) in [6, 6.07) is 6.63. The first-order valence-electron chi connectivity index (χ1n) is 5.35. The molecule has 1 aromatic rings. The van der Waals surface area contributed by atoms with Gasteiger partial charge in [0.1, 0.15) is 0 Å². The Balaban J connectivity index is 2.84. The standard InChI is InChI=1S/C12H16N2O3/c1-2-7-13(8-9-15)10-11-5-3-4-6-12(11)14(16)17/h2-6,15H,1,7-10H2. The second-order valence-corrected chi connectivity index (χ2v) is 3.63. The maximum atomic E-state index is 10.8. The predicted octanol–water partition coefficient (Wildman–Crippen LogP) is 1.58. The summed E-state index contributed by atoms with van der Waals surface area (Å²) in [7, 11) is 0. The van der Waals surface area contributed by atoms with Gasteiger partial charge in [0.15, 0.2) is 0 Å². The largest absolute Gasteiger partial charge is 0.395 e. The lowest BCUT2D eigenvalue weighted by Gasteiger charge is -2.19. The minimum Gasteiger partial charge on any atom is -0.395 e. The summed E-state index contributed by atoms with van der Waals surface area (Å²) in [5.74, 6) is 0. The lowest BCUT2D eigenvalue weighted by Crippen LogP contribution is -2.26. The number of hydrogen-bond donors (Lipinski definition) is 1. The summed E-state index contributed by atoms with van der Waals surface area (Å²) in [6.07, 6.45) is 1.71. The van der Waals surface area contributed by atoms with Crippen LogP contribution in [0.2, 0.25) is 0 Å². The zero-order valence-corrected chi connectivity index (χ0v) is 9.58. The van der Waals surface area contributed by atoms with E-state index in [1.54, 1.807) is 24.3 Å². The van der Waals surface area contributed by atoms with Crippen LogP contribution in [0, 0.1) is 10.1 Å². The van der Waals surface area contributed by atoms with E-state index >= 15 is 0 Å². The van der Waals surface area contributed by atoms with Crippen molar-refractivity contribution in [3.63, 3.8) is 0 Å². The van der Waals surface area contributed by atoms with E-state index in [2.05, 4.69) is 6.58 Å². The van der Waals surface area contributed by atoms with Crippen LogP contribution in [0.25, 0.3) is 0 Å². The number of nitro benzene ring substituents is 1. The fraction of sp³-hybridized carbons (Fsp3) is 0.333. The van der Waals surface area contributed by atoms with Crippen LogP contribution >= 0.6 is 0 Å². The average Bonchev–Trinajstić information content (AvgIpc) is 2.30. The maximum absolute atomic E-state index is 10.8. The third-order valence-corrected chi connectivity index (χ3v) is 2.39. The van der Waals surface area contributed by atoms with Crippen LogP contribution in [-0.2, 0) is 6.54 Å². The predicted molar refractivity (Wildman–Crippen MR) is 65.7 cm³/mol. The molecule has 1 N–H and O–H groups in total. The number of benzene rings is 1. The molecule has 0 aliphatic carbocycles. The third-order valence-electron chi connectivity index (χ3n) is 2.39. The van der Waals surface area contributed by atoms with Gasteiger partial charge in [-0.05, 0) is 0 Å². The molecule has 0 saturated carbocycles. The Morgan fingerprint density at radius 3 is 2.76 bits per heavy atom. The second kappa shape index (κ2) is 6.78. The summed E-state index contributed by atoms with van der Waals surface area (Å²) in [4.78, 5) is 12.3. The van der Waals surface area contributed by atoms with Gasteiger partial charge in [-0.25, -0.2) is 0 Å². The zero-order chi connectivity index (χ0) is 12.7. The summed E-state index contributed by atoms with van der Waals surface area (Å²) in [5, 5.41) is 19.7. The molecule has 0 radical (unpaired) electrons. The molecule has 0 amide bonds. The summed E-state index contributed by atoms with van der Waals surface area (Å²) in [6.45, 7) is 5.14. The Kier molecular flexibility index (Phi) is 5.32. The van der Waals surface area contributed by atoms with E-state index in [4.69, 9.17) is 5.11 Å². The van der Waals surface area contributed by atoms with E-state index in [0.29, 0.717) is 25.2 Å². The Bertz CT molecular complexity index is 393. The highest BCUT2D eigenvalue weighted by atomic mass is 16.6. The topological polar surface area (TPSA) is 66.6 Å². The molecule has 5 heteroatoms. The molecular formula is C12H16N2O3. The van der Waals surface area contributed by atoms with E-state index in [1.165, 1.54) is 6.07 Å². The van der Waals surface area contributed by atoms with Crippen LogP contribution in [0.4, 0.5) is 5.69 Å². The van der Waals surface area contributed by atoms with Gasteiger partial charge in [0.25, 0.3) is 5.69 Å². The summed E-state index contributed by atoms with van der Waals surface area (Å²) < 4.78 is 0.